The van der Waals surface area contributed by atoms with Gasteiger partial charge >= 0.3 is 0 Å². The molecule has 1 saturated carbocycles. The van der Waals surface area contributed by atoms with Crippen LogP contribution in [0.15, 0.2) is 35.3 Å². The van der Waals surface area contributed by atoms with Crippen LogP contribution in [0.3, 0.4) is 0 Å². The molecule has 0 bridgehead atoms. The van der Waals surface area contributed by atoms with Gasteiger partial charge in [-0.15, -0.1) is 12.4 Å². The van der Waals surface area contributed by atoms with Gasteiger partial charge in [0.25, 0.3) is 5.56 Å². The standard InChI is InChI=1S/C19H26N2O2.ClH/c1-3-12-21(2)15-4-6-16(7-5-15)23-17-8-9-18-14(13-17)10-11-20-19(18)22;/h8-11,13,15-16H,3-7,12H2,1-2H3,(H,20,22);1H. The molecule has 1 fully saturated rings. The van der Waals surface area contributed by atoms with E-state index < -0.39 is 0 Å². The van der Waals surface area contributed by atoms with Crippen LogP contribution >= 0.6 is 12.4 Å². The van der Waals surface area contributed by atoms with Gasteiger partial charge < -0.3 is 14.6 Å². The normalized spacial score (nSPS) is 20.8. The summed E-state index contributed by atoms with van der Waals surface area (Å²) in [6.45, 7) is 3.41. The van der Waals surface area contributed by atoms with Crippen molar-refractivity contribution in [1.29, 1.82) is 0 Å². The van der Waals surface area contributed by atoms with E-state index >= 15 is 0 Å². The van der Waals surface area contributed by atoms with Crippen molar-refractivity contribution in [2.45, 2.75) is 51.2 Å². The summed E-state index contributed by atoms with van der Waals surface area (Å²) in [5.41, 5.74) is -0.0477. The molecule has 0 unspecified atom stereocenters. The maximum absolute atomic E-state index is 11.7. The molecule has 4 nitrogen and oxygen atoms in total. The summed E-state index contributed by atoms with van der Waals surface area (Å²) in [4.78, 5) is 16.9. The van der Waals surface area contributed by atoms with Crippen LogP contribution in [0, 0.1) is 0 Å². The number of benzene rings is 1. The number of rotatable bonds is 5. The van der Waals surface area contributed by atoms with Crippen molar-refractivity contribution in [2.24, 2.45) is 0 Å². The monoisotopic (exact) mass is 350 g/mol. The molecule has 1 aromatic carbocycles. The Bertz CT molecular complexity index is 708. The largest absolute Gasteiger partial charge is 0.490 e. The first kappa shape index (κ1) is 18.8. The van der Waals surface area contributed by atoms with E-state index in [1.807, 2.05) is 24.3 Å². The minimum atomic E-state index is -0.0477. The minimum Gasteiger partial charge on any atom is -0.490 e. The zero-order valence-corrected chi connectivity index (χ0v) is 15.3. The van der Waals surface area contributed by atoms with Gasteiger partial charge in [-0.2, -0.15) is 0 Å². The number of nitrogens with one attached hydrogen (secondary N) is 1. The van der Waals surface area contributed by atoms with E-state index in [4.69, 9.17) is 4.74 Å². The molecule has 2 aromatic rings. The molecule has 1 N–H and O–H groups in total. The van der Waals surface area contributed by atoms with Gasteiger partial charge in [-0.25, -0.2) is 0 Å². The molecule has 0 radical (unpaired) electrons. The van der Waals surface area contributed by atoms with Crippen LogP contribution < -0.4 is 10.3 Å². The van der Waals surface area contributed by atoms with E-state index in [9.17, 15) is 4.79 Å². The van der Waals surface area contributed by atoms with Crippen molar-refractivity contribution in [3.63, 3.8) is 0 Å². The van der Waals surface area contributed by atoms with E-state index in [1.54, 1.807) is 6.20 Å². The van der Waals surface area contributed by atoms with Gasteiger partial charge in [-0.1, -0.05) is 6.92 Å². The fraction of sp³-hybridized carbons (Fsp3) is 0.526. The Hall–Kier alpha value is -1.52. The summed E-state index contributed by atoms with van der Waals surface area (Å²) in [5.74, 6) is 0.869. The van der Waals surface area contributed by atoms with Gasteiger partial charge in [0.15, 0.2) is 0 Å². The average Bonchev–Trinajstić information content (AvgIpc) is 2.56. The Morgan fingerprint density at radius 3 is 2.67 bits per heavy atom. The first-order chi connectivity index (χ1) is 11.2. The lowest BCUT2D eigenvalue weighted by atomic mass is 9.92. The van der Waals surface area contributed by atoms with E-state index in [0.717, 1.165) is 24.0 Å². The summed E-state index contributed by atoms with van der Waals surface area (Å²) < 4.78 is 6.16. The van der Waals surface area contributed by atoms with E-state index in [0.29, 0.717) is 17.5 Å². The van der Waals surface area contributed by atoms with Crippen LogP contribution in [0.5, 0.6) is 5.75 Å². The van der Waals surface area contributed by atoms with Crippen molar-refractivity contribution >= 4 is 23.2 Å². The third-order valence-corrected chi connectivity index (χ3v) is 4.89. The van der Waals surface area contributed by atoms with Gasteiger partial charge in [0.1, 0.15) is 5.75 Å². The first-order valence-corrected chi connectivity index (χ1v) is 8.65. The average molecular weight is 351 g/mol. The highest BCUT2D eigenvalue weighted by molar-refractivity contribution is 5.85. The van der Waals surface area contributed by atoms with Crippen molar-refractivity contribution < 1.29 is 4.74 Å². The number of aromatic nitrogens is 1. The van der Waals surface area contributed by atoms with Crippen LogP contribution in [0.1, 0.15) is 39.0 Å². The highest BCUT2D eigenvalue weighted by Gasteiger charge is 2.24. The number of hydrogen-bond acceptors (Lipinski definition) is 3. The smallest absolute Gasteiger partial charge is 0.255 e. The second-order valence-electron chi connectivity index (χ2n) is 6.58. The molecule has 1 heterocycles. The van der Waals surface area contributed by atoms with Gasteiger partial charge in [-0.05, 0) is 75.3 Å². The summed E-state index contributed by atoms with van der Waals surface area (Å²) >= 11 is 0. The summed E-state index contributed by atoms with van der Waals surface area (Å²) in [5, 5.41) is 1.65. The van der Waals surface area contributed by atoms with E-state index in [2.05, 4.69) is 23.9 Å². The molecular weight excluding hydrogens is 324 g/mol. The van der Waals surface area contributed by atoms with E-state index in [1.165, 1.54) is 25.8 Å². The molecule has 1 aliphatic carbocycles. The molecule has 3 rings (SSSR count). The molecule has 0 saturated heterocycles. The second kappa shape index (κ2) is 8.54. The molecule has 0 amide bonds. The molecule has 1 aromatic heterocycles. The maximum atomic E-state index is 11.7. The number of pyridine rings is 1. The van der Waals surface area contributed by atoms with Crippen LogP contribution in [-0.2, 0) is 0 Å². The minimum absolute atomic E-state index is 0. The molecule has 24 heavy (non-hydrogen) atoms. The van der Waals surface area contributed by atoms with Crippen molar-refractivity contribution in [3.05, 3.63) is 40.8 Å². The summed E-state index contributed by atoms with van der Waals surface area (Å²) in [6.07, 6.45) is 7.80. The topological polar surface area (TPSA) is 45.3 Å². The Morgan fingerprint density at radius 2 is 1.96 bits per heavy atom. The molecular formula is C19H27ClN2O2. The second-order valence-corrected chi connectivity index (χ2v) is 6.58. The lowest BCUT2D eigenvalue weighted by molar-refractivity contribution is 0.101. The van der Waals surface area contributed by atoms with Gasteiger partial charge in [0.05, 0.1) is 6.10 Å². The highest BCUT2D eigenvalue weighted by Crippen LogP contribution is 2.27. The Kier molecular flexibility index (Phi) is 6.69. The number of fused-ring (bicyclic) bond motifs is 1. The molecule has 5 heteroatoms. The third kappa shape index (κ3) is 4.31. The van der Waals surface area contributed by atoms with Gasteiger partial charge in [0.2, 0.25) is 0 Å². The predicted octanol–water partition coefficient (Wildman–Crippen LogP) is 3.98. The number of hydrogen-bond donors (Lipinski definition) is 1. The zero-order chi connectivity index (χ0) is 16.2. The van der Waals surface area contributed by atoms with Crippen LogP contribution in [0.4, 0.5) is 0 Å². The van der Waals surface area contributed by atoms with Crippen molar-refractivity contribution in [2.75, 3.05) is 13.6 Å². The number of nitrogens with zero attached hydrogens (tertiary/aromatic N) is 1. The molecule has 0 atom stereocenters. The first-order valence-electron chi connectivity index (χ1n) is 8.65. The Labute approximate surface area is 149 Å². The molecule has 1 aliphatic rings. The summed E-state index contributed by atoms with van der Waals surface area (Å²) in [6, 6.07) is 8.35. The Balaban J connectivity index is 0.00000208. The van der Waals surface area contributed by atoms with Gasteiger partial charge in [-0.3, -0.25) is 4.79 Å². The van der Waals surface area contributed by atoms with Crippen LogP contribution in [0.25, 0.3) is 10.8 Å². The van der Waals surface area contributed by atoms with Crippen LogP contribution in [-0.4, -0.2) is 35.6 Å². The SMILES string of the molecule is CCCN(C)C1CCC(Oc2ccc3c(=O)[nH]ccc3c2)CC1.Cl. The Morgan fingerprint density at radius 1 is 1.21 bits per heavy atom. The zero-order valence-electron chi connectivity index (χ0n) is 14.5. The van der Waals surface area contributed by atoms with Crippen molar-refractivity contribution in [3.8, 4) is 5.75 Å². The highest BCUT2D eigenvalue weighted by atomic mass is 35.5. The fourth-order valence-corrected chi connectivity index (χ4v) is 3.58. The lowest BCUT2D eigenvalue weighted by Gasteiger charge is -2.34. The van der Waals surface area contributed by atoms with Crippen LogP contribution in [0.2, 0.25) is 0 Å². The van der Waals surface area contributed by atoms with Gasteiger partial charge in [0, 0.05) is 17.6 Å². The molecule has 0 spiro atoms. The third-order valence-electron chi connectivity index (χ3n) is 4.89. The van der Waals surface area contributed by atoms with E-state index in [-0.39, 0.29) is 18.0 Å². The number of ether oxygens (including phenoxy) is 1. The fourth-order valence-electron chi connectivity index (χ4n) is 3.58. The van der Waals surface area contributed by atoms with Crippen molar-refractivity contribution in [1.82, 2.24) is 9.88 Å². The molecule has 0 aliphatic heterocycles. The summed E-state index contributed by atoms with van der Waals surface area (Å²) in [7, 11) is 2.23. The number of halogens is 1. The number of aromatic amines is 1. The molecule has 132 valence electrons. The number of H-pyrrole nitrogens is 1. The lowest BCUT2D eigenvalue weighted by Crippen LogP contribution is -2.38. The maximum Gasteiger partial charge on any atom is 0.255 e. The quantitative estimate of drug-likeness (QED) is 0.887. The predicted molar refractivity (Wildman–Crippen MR) is 101 cm³/mol.